The number of hydrogen-bond donors (Lipinski definition) is 0. The Kier molecular flexibility index (Phi) is 3.62. The van der Waals surface area contributed by atoms with E-state index in [9.17, 15) is 4.79 Å². The van der Waals surface area contributed by atoms with Gasteiger partial charge in [0.15, 0.2) is 0 Å². The van der Waals surface area contributed by atoms with Gasteiger partial charge in [0, 0.05) is 0 Å². The van der Waals surface area contributed by atoms with Gasteiger partial charge in [0.1, 0.15) is 0 Å². The zero-order valence-corrected chi connectivity index (χ0v) is 11.6. The van der Waals surface area contributed by atoms with Crippen molar-refractivity contribution in [3.8, 4) is 0 Å². The van der Waals surface area contributed by atoms with E-state index in [1.54, 1.807) is 0 Å². The zero-order chi connectivity index (χ0) is 13.0. The Labute approximate surface area is 108 Å². The molecule has 0 saturated carbocycles. The molecular weight excluding hydrogens is 240 g/mol. The minimum atomic E-state index is -2.47. The molecule has 18 heavy (non-hydrogen) atoms. The van der Waals surface area contributed by atoms with E-state index < -0.39 is 8.07 Å². The molecule has 3 heteroatoms. The summed E-state index contributed by atoms with van der Waals surface area (Å²) in [5.41, 5.74) is -0.111. The molecule has 0 spiro atoms. The highest BCUT2D eigenvalue weighted by atomic mass is 28.3. The molecule has 2 nitrogen and oxygen atoms in total. The van der Waals surface area contributed by atoms with Crippen molar-refractivity contribution < 1.29 is 9.53 Å². The van der Waals surface area contributed by atoms with Gasteiger partial charge in [0.2, 0.25) is 8.07 Å². The quantitative estimate of drug-likeness (QED) is 0.787. The maximum Gasteiger partial charge on any atom is 0.281 e. The molecular formula is C15H16O2Si. The summed E-state index contributed by atoms with van der Waals surface area (Å²) in [6.07, 6.45) is 0. The van der Waals surface area contributed by atoms with Crippen LogP contribution in [-0.4, -0.2) is 20.8 Å². The Morgan fingerprint density at radius 1 is 0.889 bits per heavy atom. The number of hydrogen-bond acceptors (Lipinski definition) is 2. The number of methoxy groups -OCH3 is 1. The second kappa shape index (κ2) is 5.19. The van der Waals surface area contributed by atoms with Gasteiger partial charge in [-0.25, -0.2) is 0 Å². The first-order chi connectivity index (χ1) is 8.69. The van der Waals surface area contributed by atoms with E-state index in [1.165, 1.54) is 7.11 Å². The van der Waals surface area contributed by atoms with Crippen molar-refractivity contribution in [1.29, 1.82) is 0 Å². The number of rotatable bonds is 3. The Hall–Kier alpha value is -1.87. The minimum absolute atomic E-state index is 0.111. The van der Waals surface area contributed by atoms with Gasteiger partial charge in [0.05, 0.1) is 7.11 Å². The summed E-state index contributed by atoms with van der Waals surface area (Å²) >= 11 is 0. The molecule has 0 atom stereocenters. The van der Waals surface area contributed by atoms with Gasteiger partial charge in [-0.15, -0.1) is 0 Å². The molecule has 0 unspecified atom stereocenters. The first kappa shape index (κ1) is 12.6. The van der Waals surface area contributed by atoms with Gasteiger partial charge in [0.25, 0.3) is 5.59 Å². The Morgan fingerprint density at radius 2 is 1.28 bits per heavy atom. The van der Waals surface area contributed by atoms with E-state index in [0.29, 0.717) is 0 Å². The van der Waals surface area contributed by atoms with Crippen molar-refractivity contribution in [1.82, 2.24) is 0 Å². The van der Waals surface area contributed by atoms with Crippen LogP contribution in [-0.2, 0) is 4.74 Å². The number of carbonyl (C=O) groups excluding carboxylic acids is 1. The number of benzene rings is 2. The van der Waals surface area contributed by atoms with E-state index >= 15 is 0 Å². The van der Waals surface area contributed by atoms with Gasteiger partial charge < -0.3 is 4.74 Å². The first-order valence-corrected chi connectivity index (χ1v) is 8.39. The fourth-order valence-corrected chi connectivity index (χ4v) is 5.08. The largest absolute Gasteiger partial charge is 0.473 e. The first-order valence-electron chi connectivity index (χ1n) is 5.89. The minimum Gasteiger partial charge on any atom is -0.473 e. The third kappa shape index (κ3) is 2.09. The maximum atomic E-state index is 12.3. The van der Waals surface area contributed by atoms with E-state index in [0.717, 1.165) is 10.4 Å². The lowest BCUT2D eigenvalue weighted by atomic mass is 10.4. The molecule has 0 N–H and O–H groups in total. The lowest BCUT2D eigenvalue weighted by molar-refractivity contribution is 0.196. The maximum absolute atomic E-state index is 12.3. The average Bonchev–Trinajstić information content (AvgIpc) is 2.47. The highest BCUT2D eigenvalue weighted by molar-refractivity contribution is 7.21. The SMILES string of the molecule is COC(=O)[Si](C)(c1ccccc1)c1ccccc1. The van der Waals surface area contributed by atoms with Crippen molar-refractivity contribution in [2.45, 2.75) is 6.55 Å². The molecule has 2 aromatic carbocycles. The highest BCUT2D eigenvalue weighted by Crippen LogP contribution is 2.08. The van der Waals surface area contributed by atoms with Crippen molar-refractivity contribution in [2.75, 3.05) is 7.11 Å². The fraction of sp³-hybridized carbons (Fsp3) is 0.133. The summed E-state index contributed by atoms with van der Waals surface area (Å²) in [5, 5.41) is 2.14. The van der Waals surface area contributed by atoms with Gasteiger partial charge >= 0.3 is 0 Å². The summed E-state index contributed by atoms with van der Waals surface area (Å²) in [7, 11) is -1.01. The van der Waals surface area contributed by atoms with Gasteiger partial charge in [-0.2, -0.15) is 0 Å². The molecule has 0 aromatic heterocycles. The van der Waals surface area contributed by atoms with E-state index in [4.69, 9.17) is 4.74 Å². The van der Waals surface area contributed by atoms with Crippen LogP contribution in [0.1, 0.15) is 0 Å². The van der Waals surface area contributed by atoms with Crippen LogP contribution < -0.4 is 10.4 Å². The third-order valence-electron chi connectivity index (χ3n) is 3.30. The predicted molar refractivity (Wildman–Crippen MR) is 76.2 cm³/mol. The molecule has 0 radical (unpaired) electrons. The molecule has 0 bridgehead atoms. The van der Waals surface area contributed by atoms with Crippen LogP contribution in [0.25, 0.3) is 0 Å². The molecule has 0 fully saturated rings. The van der Waals surface area contributed by atoms with Crippen LogP contribution in [0.15, 0.2) is 60.7 Å². The number of carbonyl (C=O) groups is 1. The van der Waals surface area contributed by atoms with E-state index in [2.05, 4.69) is 0 Å². The van der Waals surface area contributed by atoms with Gasteiger partial charge in [-0.3, -0.25) is 4.79 Å². The normalized spacial score (nSPS) is 11.0. The molecule has 0 aliphatic rings. The van der Waals surface area contributed by atoms with Crippen molar-refractivity contribution >= 4 is 24.0 Å². The Morgan fingerprint density at radius 3 is 1.61 bits per heavy atom. The Bertz CT molecular complexity index is 483. The third-order valence-corrected chi connectivity index (χ3v) is 7.29. The van der Waals surface area contributed by atoms with E-state index in [1.807, 2.05) is 67.2 Å². The fourth-order valence-electron chi connectivity index (χ4n) is 2.15. The second-order valence-electron chi connectivity index (χ2n) is 4.35. The lowest BCUT2D eigenvalue weighted by Crippen LogP contribution is -2.62. The molecule has 0 saturated heterocycles. The summed E-state index contributed by atoms with van der Waals surface area (Å²) in [6.45, 7) is 2.03. The Balaban J connectivity index is 2.59. The van der Waals surface area contributed by atoms with Crippen LogP contribution in [0.2, 0.25) is 6.55 Å². The predicted octanol–water partition coefficient (Wildman–Crippen LogP) is 2.23. The molecule has 0 aliphatic heterocycles. The smallest absolute Gasteiger partial charge is 0.281 e. The number of ether oxygens (including phenoxy) is 1. The summed E-state index contributed by atoms with van der Waals surface area (Å²) in [5.74, 6) is 0. The van der Waals surface area contributed by atoms with Crippen LogP contribution in [0, 0.1) is 0 Å². The molecule has 2 rings (SSSR count). The lowest BCUT2D eigenvalue weighted by Gasteiger charge is -2.25. The van der Waals surface area contributed by atoms with E-state index in [-0.39, 0.29) is 5.59 Å². The standard InChI is InChI=1S/C15H16O2Si/c1-17-15(16)18(2,13-9-5-3-6-10-13)14-11-7-4-8-12-14/h3-12H,1-2H3. The zero-order valence-electron chi connectivity index (χ0n) is 10.6. The van der Waals surface area contributed by atoms with Gasteiger partial charge in [-0.1, -0.05) is 67.2 Å². The molecule has 92 valence electrons. The molecule has 0 amide bonds. The topological polar surface area (TPSA) is 26.3 Å². The van der Waals surface area contributed by atoms with Crippen molar-refractivity contribution in [3.63, 3.8) is 0 Å². The molecule has 0 heterocycles. The van der Waals surface area contributed by atoms with Crippen molar-refractivity contribution in [3.05, 3.63) is 60.7 Å². The van der Waals surface area contributed by atoms with Crippen LogP contribution in [0.3, 0.4) is 0 Å². The highest BCUT2D eigenvalue weighted by Gasteiger charge is 2.41. The van der Waals surface area contributed by atoms with Crippen LogP contribution in [0.5, 0.6) is 0 Å². The molecule has 0 aliphatic carbocycles. The van der Waals surface area contributed by atoms with Gasteiger partial charge in [-0.05, 0) is 10.4 Å². The summed E-state index contributed by atoms with van der Waals surface area (Å²) in [6, 6.07) is 19.8. The van der Waals surface area contributed by atoms with Crippen LogP contribution >= 0.6 is 0 Å². The van der Waals surface area contributed by atoms with Crippen LogP contribution in [0.4, 0.5) is 4.79 Å². The van der Waals surface area contributed by atoms with Crippen molar-refractivity contribution in [2.24, 2.45) is 0 Å². The molecule has 2 aromatic rings. The summed E-state index contributed by atoms with van der Waals surface area (Å²) < 4.78 is 5.05. The average molecular weight is 256 g/mol. The monoisotopic (exact) mass is 256 g/mol. The second-order valence-corrected chi connectivity index (χ2v) is 8.16. The summed E-state index contributed by atoms with van der Waals surface area (Å²) in [4.78, 5) is 12.3.